The van der Waals surface area contributed by atoms with Crippen LogP contribution < -0.4 is 0 Å². The number of hydrogen-bond donors (Lipinski definition) is 1. The molecule has 100 valence electrons. The van der Waals surface area contributed by atoms with Gasteiger partial charge in [-0.25, -0.2) is 9.48 Å². The summed E-state index contributed by atoms with van der Waals surface area (Å²) in [5.74, 6) is -1.11. The van der Waals surface area contributed by atoms with Crippen molar-refractivity contribution in [1.82, 2.24) is 20.0 Å². The van der Waals surface area contributed by atoms with Crippen LogP contribution in [0.25, 0.3) is 0 Å². The summed E-state index contributed by atoms with van der Waals surface area (Å²) in [5, 5.41) is 16.6. The fourth-order valence-corrected chi connectivity index (χ4v) is 1.73. The Balaban J connectivity index is 2.35. The molecule has 0 radical (unpaired) electrons. The molecular formula is C12H14N4O3. The van der Waals surface area contributed by atoms with Gasteiger partial charge >= 0.3 is 5.97 Å². The monoisotopic (exact) mass is 262 g/mol. The maximum absolute atomic E-state index is 11.0. The minimum absolute atomic E-state index is 0.0876. The molecule has 2 rings (SSSR count). The van der Waals surface area contributed by atoms with Crippen LogP contribution in [0, 0.1) is 6.92 Å². The molecule has 0 unspecified atom stereocenters. The maximum atomic E-state index is 11.0. The first kappa shape index (κ1) is 13.2. The van der Waals surface area contributed by atoms with Gasteiger partial charge in [0.15, 0.2) is 5.69 Å². The Morgan fingerprint density at radius 1 is 1.53 bits per heavy atom. The van der Waals surface area contributed by atoms with Gasteiger partial charge in [-0.15, -0.1) is 5.10 Å². The van der Waals surface area contributed by atoms with Crippen molar-refractivity contribution in [1.29, 1.82) is 0 Å². The van der Waals surface area contributed by atoms with E-state index in [1.807, 2.05) is 19.1 Å². The van der Waals surface area contributed by atoms with E-state index in [1.54, 1.807) is 6.20 Å². The summed E-state index contributed by atoms with van der Waals surface area (Å²) in [6.45, 7) is 2.44. The van der Waals surface area contributed by atoms with Crippen molar-refractivity contribution in [3.8, 4) is 0 Å². The van der Waals surface area contributed by atoms with E-state index in [2.05, 4.69) is 15.3 Å². The first-order valence-electron chi connectivity index (χ1n) is 5.68. The molecule has 0 fully saturated rings. The number of ether oxygens (including phenoxy) is 1. The quantitative estimate of drug-likeness (QED) is 0.860. The molecule has 0 amide bonds. The Morgan fingerprint density at radius 2 is 2.32 bits per heavy atom. The Kier molecular flexibility index (Phi) is 3.86. The van der Waals surface area contributed by atoms with Crippen LogP contribution in [0.15, 0.2) is 18.3 Å². The van der Waals surface area contributed by atoms with Gasteiger partial charge in [-0.2, -0.15) is 0 Å². The smallest absolute Gasteiger partial charge is 0.358 e. The van der Waals surface area contributed by atoms with Crippen LogP contribution in [-0.2, 0) is 17.9 Å². The Bertz CT molecular complexity index is 594. The molecule has 2 aromatic rings. The maximum Gasteiger partial charge on any atom is 0.358 e. The van der Waals surface area contributed by atoms with Crippen molar-refractivity contribution in [3.05, 3.63) is 41.0 Å². The predicted molar refractivity (Wildman–Crippen MR) is 65.8 cm³/mol. The van der Waals surface area contributed by atoms with Gasteiger partial charge in [-0.1, -0.05) is 11.3 Å². The summed E-state index contributed by atoms with van der Waals surface area (Å²) in [6.07, 6.45) is 1.69. The van der Waals surface area contributed by atoms with Gasteiger partial charge in [0, 0.05) is 13.3 Å². The average Bonchev–Trinajstić information content (AvgIpc) is 2.76. The van der Waals surface area contributed by atoms with Gasteiger partial charge in [0.05, 0.1) is 24.5 Å². The highest BCUT2D eigenvalue weighted by Gasteiger charge is 2.19. The van der Waals surface area contributed by atoms with E-state index in [-0.39, 0.29) is 12.3 Å². The SMILES string of the molecule is COCc1c(C(=O)O)nnn1Cc1ncccc1C. The number of carboxylic acid groups (broad SMARTS) is 1. The third kappa shape index (κ3) is 2.76. The molecule has 0 saturated carbocycles. The first-order valence-corrected chi connectivity index (χ1v) is 5.68. The minimum Gasteiger partial charge on any atom is -0.476 e. The van der Waals surface area contributed by atoms with Crippen LogP contribution >= 0.6 is 0 Å². The predicted octanol–water partition coefficient (Wildman–Crippen LogP) is 0.874. The van der Waals surface area contributed by atoms with E-state index >= 15 is 0 Å². The first-order chi connectivity index (χ1) is 9.13. The zero-order chi connectivity index (χ0) is 13.8. The van der Waals surface area contributed by atoms with Gasteiger partial charge in [0.2, 0.25) is 0 Å². The second kappa shape index (κ2) is 5.57. The van der Waals surface area contributed by atoms with Crippen molar-refractivity contribution < 1.29 is 14.6 Å². The van der Waals surface area contributed by atoms with Crippen LogP contribution in [0.4, 0.5) is 0 Å². The number of aromatic carboxylic acids is 1. The molecule has 7 heteroatoms. The van der Waals surface area contributed by atoms with Crippen LogP contribution in [0.5, 0.6) is 0 Å². The summed E-state index contributed by atoms with van der Waals surface area (Å²) in [6, 6.07) is 3.78. The summed E-state index contributed by atoms with van der Waals surface area (Å²) >= 11 is 0. The third-order valence-corrected chi connectivity index (χ3v) is 2.74. The summed E-state index contributed by atoms with van der Waals surface area (Å²) in [7, 11) is 1.50. The molecule has 0 aromatic carbocycles. The molecular weight excluding hydrogens is 248 g/mol. The molecule has 19 heavy (non-hydrogen) atoms. The number of aryl methyl sites for hydroxylation is 1. The zero-order valence-corrected chi connectivity index (χ0v) is 10.7. The lowest BCUT2D eigenvalue weighted by Crippen LogP contribution is -2.11. The number of rotatable bonds is 5. The van der Waals surface area contributed by atoms with Crippen LogP contribution in [-0.4, -0.2) is 38.2 Å². The second-order valence-electron chi connectivity index (χ2n) is 4.05. The number of carbonyl (C=O) groups is 1. The van der Waals surface area contributed by atoms with Crippen molar-refractivity contribution in [3.63, 3.8) is 0 Å². The minimum atomic E-state index is -1.11. The van der Waals surface area contributed by atoms with Gasteiger partial charge in [0.25, 0.3) is 0 Å². The normalized spacial score (nSPS) is 10.6. The van der Waals surface area contributed by atoms with E-state index in [9.17, 15) is 4.79 Å². The fourth-order valence-electron chi connectivity index (χ4n) is 1.73. The van der Waals surface area contributed by atoms with Crippen molar-refractivity contribution in [2.45, 2.75) is 20.1 Å². The van der Waals surface area contributed by atoms with E-state index in [1.165, 1.54) is 11.8 Å². The molecule has 0 aliphatic carbocycles. The highest BCUT2D eigenvalue weighted by molar-refractivity contribution is 5.86. The van der Waals surface area contributed by atoms with Gasteiger partial charge < -0.3 is 9.84 Å². The Hall–Kier alpha value is -2.28. The molecule has 0 aliphatic heterocycles. The largest absolute Gasteiger partial charge is 0.476 e. The molecule has 0 saturated heterocycles. The van der Waals surface area contributed by atoms with E-state index in [0.717, 1.165) is 11.3 Å². The van der Waals surface area contributed by atoms with Gasteiger partial charge in [-0.05, 0) is 18.6 Å². The molecule has 0 atom stereocenters. The molecule has 2 aromatic heterocycles. The van der Waals surface area contributed by atoms with Crippen LogP contribution in [0.1, 0.15) is 27.4 Å². The lowest BCUT2D eigenvalue weighted by Gasteiger charge is -2.07. The van der Waals surface area contributed by atoms with E-state index in [0.29, 0.717) is 12.2 Å². The van der Waals surface area contributed by atoms with Crippen molar-refractivity contribution in [2.24, 2.45) is 0 Å². The van der Waals surface area contributed by atoms with Crippen LogP contribution in [0.3, 0.4) is 0 Å². The second-order valence-corrected chi connectivity index (χ2v) is 4.05. The lowest BCUT2D eigenvalue weighted by molar-refractivity contribution is 0.0684. The number of aromatic nitrogens is 4. The standard InChI is InChI=1S/C12H14N4O3/c1-8-4-3-5-13-9(8)6-16-10(7-19-2)11(12(17)18)14-15-16/h3-5H,6-7H2,1-2H3,(H,17,18). The van der Waals surface area contributed by atoms with Crippen LogP contribution in [0.2, 0.25) is 0 Å². The number of nitrogens with zero attached hydrogens (tertiary/aromatic N) is 4. The molecule has 0 spiro atoms. The molecule has 1 N–H and O–H groups in total. The van der Waals surface area contributed by atoms with Gasteiger partial charge in [0.1, 0.15) is 0 Å². The summed E-state index contributed by atoms with van der Waals surface area (Å²) in [5.41, 5.74) is 2.18. The third-order valence-electron chi connectivity index (χ3n) is 2.74. The average molecular weight is 262 g/mol. The Morgan fingerprint density at radius 3 is 2.95 bits per heavy atom. The van der Waals surface area contributed by atoms with E-state index < -0.39 is 5.97 Å². The number of carboxylic acids is 1. The number of pyridine rings is 1. The van der Waals surface area contributed by atoms with Crippen molar-refractivity contribution in [2.75, 3.05) is 7.11 Å². The van der Waals surface area contributed by atoms with E-state index in [4.69, 9.17) is 9.84 Å². The fraction of sp³-hybridized carbons (Fsp3) is 0.333. The number of methoxy groups -OCH3 is 1. The summed E-state index contributed by atoms with van der Waals surface area (Å²) in [4.78, 5) is 15.3. The van der Waals surface area contributed by atoms with Gasteiger partial charge in [-0.3, -0.25) is 4.98 Å². The number of hydrogen-bond acceptors (Lipinski definition) is 5. The van der Waals surface area contributed by atoms with Crippen molar-refractivity contribution >= 4 is 5.97 Å². The molecule has 0 aliphatic rings. The molecule has 2 heterocycles. The molecule has 0 bridgehead atoms. The topological polar surface area (TPSA) is 90.1 Å². The zero-order valence-electron chi connectivity index (χ0n) is 10.7. The summed E-state index contributed by atoms with van der Waals surface area (Å²) < 4.78 is 6.50. The Labute approximate surface area is 109 Å². The molecule has 7 nitrogen and oxygen atoms in total. The highest BCUT2D eigenvalue weighted by Crippen LogP contribution is 2.11. The highest BCUT2D eigenvalue weighted by atomic mass is 16.5. The lowest BCUT2D eigenvalue weighted by atomic mass is 10.2.